The molecular weight excluding hydrogens is 523 g/mol. The Morgan fingerprint density at radius 2 is 1.56 bits per heavy atom. The Balaban J connectivity index is 0.00000210. The van der Waals surface area contributed by atoms with Gasteiger partial charge in [-0.15, -0.1) is 24.8 Å². The van der Waals surface area contributed by atoms with Gasteiger partial charge in [0.1, 0.15) is 0 Å². The van der Waals surface area contributed by atoms with Crippen molar-refractivity contribution in [1.82, 2.24) is 9.80 Å². The number of ketones is 1. The third kappa shape index (κ3) is 8.91. The first-order valence-corrected chi connectivity index (χ1v) is 14.3. The topological polar surface area (TPSA) is 23.6 Å². The zero-order valence-corrected chi connectivity index (χ0v) is 25.0. The number of fused-ring (bicyclic) bond motifs is 1. The molecule has 5 rings (SSSR count). The van der Waals surface area contributed by atoms with E-state index in [4.69, 9.17) is 0 Å². The number of carbonyl (C=O) groups excluding carboxylic acids is 1. The van der Waals surface area contributed by atoms with E-state index in [0.717, 1.165) is 50.5 Å². The Labute approximate surface area is 247 Å². The average molecular weight is 568 g/mol. The van der Waals surface area contributed by atoms with Gasteiger partial charge >= 0.3 is 0 Å². The van der Waals surface area contributed by atoms with Crippen LogP contribution in [-0.4, -0.2) is 35.2 Å². The minimum Gasteiger partial charge on any atom is -0.299 e. The van der Waals surface area contributed by atoms with Gasteiger partial charge in [0.25, 0.3) is 0 Å². The fourth-order valence-electron chi connectivity index (χ4n) is 6.14. The van der Waals surface area contributed by atoms with Gasteiger partial charge in [-0.1, -0.05) is 66.7 Å². The third-order valence-corrected chi connectivity index (χ3v) is 8.47. The van der Waals surface area contributed by atoms with E-state index in [2.05, 4.69) is 89.5 Å². The number of halogens is 2. The van der Waals surface area contributed by atoms with Gasteiger partial charge in [0.15, 0.2) is 5.78 Å². The van der Waals surface area contributed by atoms with Crippen LogP contribution >= 0.6 is 24.8 Å². The number of rotatable bonds is 9. The molecule has 0 spiro atoms. The molecule has 0 saturated carbocycles. The van der Waals surface area contributed by atoms with E-state index in [9.17, 15) is 4.79 Å². The second-order valence-electron chi connectivity index (χ2n) is 11.2. The number of likely N-dealkylation sites (tertiary alicyclic amines) is 1. The smallest absolute Gasteiger partial charge is 0.162 e. The Kier molecular flexibility index (Phi) is 12.5. The summed E-state index contributed by atoms with van der Waals surface area (Å²) in [5.74, 6) is 1.08. The van der Waals surface area contributed by atoms with E-state index in [0.29, 0.717) is 12.2 Å². The molecule has 2 aliphatic heterocycles. The number of hydrogen-bond donors (Lipinski definition) is 0. The van der Waals surface area contributed by atoms with Crippen molar-refractivity contribution in [3.05, 3.63) is 106 Å². The van der Waals surface area contributed by atoms with Crippen LogP contribution in [0.1, 0.15) is 76.7 Å². The highest BCUT2D eigenvalue weighted by molar-refractivity contribution is 5.96. The number of piperidine rings is 1. The average Bonchev–Trinajstić information content (AvgIpc) is 3.12. The summed E-state index contributed by atoms with van der Waals surface area (Å²) in [4.78, 5) is 18.2. The first kappa shape index (κ1) is 31.4. The maximum absolute atomic E-state index is 13.1. The van der Waals surface area contributed by atoms with E-state index in [1.165, 1.54) is 66.6 Å². The molecule has 5 heteroatoms. The summed E-state index contributed by atoms with van der Waals surface area (Å²) in [5.41, 5.74) is 7.86. The Hall–Kier alpha value is -2.17. The van der Waals surface area contributed by atoms with Crippen LogP contribution in [0.3, 0.4) is 0 Å². The number of aryl methyl sites for hydroxylation is 2. The maximum Gasteiger partial charge on any atom is 0.162 e. The quantitative estimate of drug-likeness (QED) is 0.245. The van der Waals surface area contributed by atoms with Crippen molar-refractivity contribution in [1.29, 1.82) is 0 Å². The summed E-state index contributed by atoms with van der Waals surface area (Å²) < 4.78 is 0. The number of Topliss-reactive ketones (excluding diaryl/α,β-unsaturated/α-hetero) is 1. The molecular formula is C34H44Cl2N2O. The van der Waals surface area contributed by atoms with Gasteiger partial charge in [0.2, 0.25) is 0 Å². The molecule has 0 atom stereocenters. The van der Waals surface area contributed by atoms with Crippen molar-refractivity contribution in [2.45, 2.75) is 71.5 Å². The second-order valence-corrected chi connectivity index (χ2v) is 11.2. The van der Waals surface area contributed by atoms with Crippen LogP contribution in [0, 0.1) is 12.8 Å². The molecule has 0 unspecified atom stereocenters. The Bertz CT molecular complexity index is 1170. The Morgan fingerprint density at radius 1 is 0.821 bits per heavy atom. The largest absolute Gasteiger partial charge is 0.299 e. The van der Waals surface area contributed by atoms with Crippen molar-refractivity contribution in [3.8, 4) is 0 Å². The van der Waals surface area contributed by atoms with E-state index in [1.54, 1.807) is 0 Å². The van der Waals surface area contributed by atoms with Crippen molar-refractivity contribution >= 4 is 30.6 Å². The van der Waals surface area contributed by atoms with Gasteiger partial charge in [-0.05, 0) is 105 Å². The summed E-state index contributed by atoms with van der Waals surface area (Å²) in [6.07, 6.45) is 7.68. The van der Waals surface area contributed by atoms with Crippen LogP contribution in [0.25, 0.3) is 0 Å². The van der Waals surface area contributed by atoms with Crippen molar-refractivity contribution < 1.29 is 4.79 Å². The van der Waals surface area contributed by atoms with Crippen LogP contribution < -0.4 is 0 Å². The molecule has 39 heavy (non-hydrogen) atoms. The summed E-state index contributed by atoms with van der Waals surface area (Å²) >= 11 is 0. The molecule has 210 valence electrons. The third-order valence-electron chi connectivity index (χ3n) is 8.47. The molecule has 3 nitrogen and oxygen atoms in total. The molecule has 2 aliphatic rings. The minimum atomic E-state index is 0. The van der Waals surface area contributed by atoms with Gasteiger partial charge < -0.3 is 0 Å². The summed E-state index contributed by atoms with van der Waals surface area (Å²) in [6, 6.07) is 26.0. The molecule has 3 aromatic rings. The standard InChI is InChI=1S/C34H42N2O.2ClH/c1-27-9-5-6-13-32(27)25-36-20-8-14-30-16-17-31(23-33(30)26-36)34(37)15-7-12-28-18-21-35(22-19-28)24-29-10-3-2-4-11-29;;/h2-6,9-11,13,16-17,23,28H,7-8,12,14-15,18-22,24-26H2,1H3;2*1H. The van der Waals surface area contributed by atoms with E-state index in [-0.39, 0.29) is 24.8 Å². The molecule has 3 aromatic carbocycles. The fourth-order valence-corrected chi connectivity index (χ4v) is 6.14. The molecule has 2 heterocycles. The lowest BCUT2D eigenvalue weighted by molar-refractivity contribution is 0.0974. The lowest BCUT2D eigenvalue weighted by Gasteiger charge is -2.32. The zero-order chi connectivity index (χ0) is 25.5. The molecule has 0 aromatic heterocycles. The first-order valence-electron chi connectivity index (χ1n) is 14.3. The number of nitrogens with zero attached hydrogens (tertiary/aromatic N) is 2. The molecule has 0 amide bonds. The molecule has 0 aliphatic carbocycles. The first-order chi connectivity index (χ1) is 18.1. The lowest BCUT2D eigenvalue weighted by atomic mass is 9.90. The highest BCUT2D eigenvalue weighted by Gasteiger charge is 2.20. The fraction of sp³-hybridized carbons (Fsp3) is 0.441. The van der Waals surface area contributed by atoms with E-state index < -0.39 is 0 Å². The molecule has 1 fully saturated rings. The number of hydrogen-bond acceptors (Lipinski definition) is 3. The van der Waals surface area contributed by atoms with Crippen LogP contribution in [0.4, 0.5) is 0 Å². The van der Waals surface area contributed by atoms with Gasteiger partial charge in [-0.25, -0.2) is 0 Å². The van der Waals surface area contributed by atoms with Crippen LogP contribution in [-0.2, 0) is 26.1 Å². The van der Waals surface area contributed by atoms with Crippen LogP contribution in [0.5, 0.6) is 0 Å². The monoisotopic (exact) mass is 566 g/mol. The number of benzene rings is 3. The molecule has 1 saturated heterocycles. The molecule has 0 radical (unpaired) electrons. The second kappa shape index (κ2) is 15.6. The van der Waals surface area contributed by atoms with Crippen molar-refractivity contribution in [2.75, 3.05) is 19.6 Å². The predicted molar refractivity (Wildman–Crippen MR) is 167 cm³/mol. The maximum atomic E-state index is 13.1. The van der Waals surface area contributed by atoms with Crippen molar-refractivity contribution in [2.24, 2.45) is 5.92 Å². The van der Waals surface area contributed by atoms with Crippen molar-refractivity contribution in [3.63, 3.8) is 0 Å². The summed E-state index contributed by atoms with van der Waals surface area (Å²) in [5, 5.41) is 0. The van der Waals surface area contributed by atoms with Crippen LogP contribution in [0.15, 0.2) is 72.8 Å². The molecule has 0 N–H and O–H groups in total. The van der Waals surface area contributed by atoms with Gasteiger partial charge in [-0.2, -0.15) is 0 Å². The van der Waals surface area contributed by atoms with E-state index >= 15 is 0 Å². The number of carbonyl (C=O) groups is 1. The minimum absolute atomic E-state index is 0. The van der Waals surface area contributed by atoms with Gasteiger partial charge in [0, 0.05) is 31.6 Å². The highest BCUT2D eigenvalue weighted by Crippen LogP contribution is 2.26. The van der Waals surface area contributed by atoms with Gasteiger partial charge in [0.05, 0.1) is 0 Å². The normalized spacial score (nSPS) is 16.4. The van der Waals surface area contributed by atoms with Crippen LogP contribution in [0.2, 0.25) is 0 Å². The van der Waals surface area contributed by atoms with E-state index in [1.807, 2.05) is 0 Å². The lowest BCUT2D eigenvalue weighted by Crippen LogP contribution is -2.33. The Morgan fingerprint density at radius 3 is 2.33 bits per heavy atom. The molecule has 0 bridgehead atoms. The highest BCUT2D eigenvalue weighted by atomic mass is 35.5. The predicted octanol–water partition coefficient (Wildman–Crippen LogP) is 8.05. The SMILES string of the molecule is Cc1ccccc1CN1CCCc2ccc(C(=O)CCCC3CCN(Cc4ccccc4)CC3)cc2C1.Cl.Cl. The zero-order valence-electron chi connectivity index (χ0n) is 23.3. The van der Waals surface area contributed by atoms with Gasteiger partial charge in [-0.3, -0.25) is 14.6 Å². The summed E-state index contributed by atoms with van der Waals surface area (Å²) in [6.45, 7) is 8.64. The summed E-state index contributed by atoms with van der Waals surface area (Å²) in [7, 11) is 0.